The molecule has 5 heteroatoms. The third-order valence-electron chi connectivity index (χ3n) is 4.10. The molecule has 1 aromatic heterocycles. The van der Waals surface area contributed by atoms with Gasteiger partial charge in [0.15, 0.2) is 0 Å². The highest BCUT2D eigenvalue weighted by Gasteiger charge is 2.13. The fourth-order valence-electron chi connectivity index (χ4n) is 2.83. The fourth-order valence-corrected chi connectivity index (χ4v) is 3.89. The lowest BCUT2D eigenvalue weighted by Gasteiger charge is -2.07. The number of furan rings is 1. The summed E-state index contributed by atoms with van der Waals surface area (Å²) in [7, 11) is -3.28. The summed E-state index contributed by atoms with van der Waals surface area (Å²) in [4.78, 5) is 0. The second kappa shape index (κ2) is 7.20. The molecule has 4 nitrogen and oxygen atoms in total. The van der Waals surface area contributed by atoms with Crippen LogP contribution >= 0.6 is 0 Å². The van der Waals surface area contributed by atoms with Crippen molar-refractivity contribution in [3.8, 4) is 0 Å². The molecule has 126 valence electrons. The Kier molecular flexibility index (Phi) is 5.02. The first-order chi connectivity index (χ1) is 11.6. The van der Waals surface area contributed by atoms with Crippen molar-refractivity contribution >= 4 is 21.0 Å². The van der Waals surface area contributed by atoms with Gasteiger partial charge in [0.2, 0.25) is 10.0 Å². The topological polar surface area (TPSA) is 59.3 Å². The van der Waals surface area contributed by atoms with Gasteiger partial charge >= 0.3 is 0 Å². The second-order valence-electron chi connectivity index (χ2n) is 5.83. The van der Waals surface area contributed by atoms with Crippen molar-refractivity contribution in [2.24, 2.45) is 0 Å². The lowest BCUT2D eigenvalue weighted by molar-refractivity contribution is 0.567. The molecule has 3 rings (SSSR count). The summed E-state index contributed by atoms with van der Waals surface area (Å²) in [6.07, 6.45) is 1.14. The van der Waals surface area contributed by atoms with Gasteiger partial charge < -0.3 is 4.42 Å². The Bertz CT molecular complexity index is 914. The molecule has 0 atom stereocenters. The van der Waals surface area contributed by atoms with E-state index in [4.69, 9.17) is 4.42 Å². The number of hydrogen-bond donors (Lipinski definition) is 1. The van der Waals surface area contributed by atoms with Gasteiger partial charge in [-0.3, -0.25) is 0 Å². The molecule has 3 aromatic rings. The summed E-state index contributed by atoms with van der Waals surface area (Å²) in [5.41, 5.74) is 2.94. The van der Waals surface area contributed by atoms with Crippen molar-refractivity contribution in [3.05, 3.63) is 71.5 Å². The minimum Gasteiger partial charge on any atom is -0.461 e. The maximum atomic E-state index is 12.1. The molecule has 0 saturated carbocycles. The number of benzene rings is 2. The quantitative estimate of drug-likeness (QED) is 0.715. The van der Waals surface area contributed by atoms with Gasteiger partial charge in [0, 0.05) is 17.5 Å². The minimum absolute atomic E-state index is 0.0993. The largest absolute Gasteiger partial charge is 0.461 e. The first-order valence-electron chi connectivity index (χ1n) is 8.03. The Morgan fingerprint density at radius 3 is 2.46 bits per heavy atom. The van der Waals surface area contributed by atoms with Gasteiger partial charge in [-0.1, -0.05) is 48.5 Å². The van der Waals surface area contributed by atoms with Gasteiger partial charge in [-0.05, 0) is 31.4 Å². The monoisotopic (exact) mass is 343 g/mol. The molecule has 1 N–H and O–H groups in total. The number of sulfonamides is 1. The molecule has 0 bridgehead atoms. The van der Waals surface area contributed by atoms with E-state index in [0.29, 0.717) is 19.4 Å². The van der Waals surface area contributed by atoms with Gasteiger partial charge in [0.1, 0.15) is 11.3 Å². The molecule has 0 unspecified atom stereocenters. The molecule has 0 aliphatic carbocycles. The Balaban J connectivity index is 1.58. The summed E-state index contributed by atoms with van der Waals surface area (Å²) in [5, 5.41) is 1.05. The lowest BCUT2D eigenvalue weighted by Crippen LogP contribution is -2.29. The van der Waals surface area contributed by atoms with Crippen molar-refractivity contribution in [2.45, 2.75) is 19.8 Å². The standard InChI is InChI=1S/C19H21NO3S/c1-15-17(18-9-5-6-10-19(18)23-15)11-13-20-24(21,22)14-12-16-7-3-2-4-8-16/h2-10,20H,11-14H2,1H3. The van der Waals surface area contributed by atoms with Crippen LogP contribution < -0.4 is 4.72 Å². The second-order valence-corrected chi connectivity index (χ2v) is 7.76. The highest BCUT2D eigenvalue weighted by atomic mass is 32.2. The molecular formula is C19H21NO3S. The Hall–Kier alpha value is -2.11. The highest BCUT2D eigenvalue weighted by molar-refractivity contribution is 7.89. The molecular weight excluding hydrogens is 322 g/mol. The highest BCUT2D eigenvalue weighted by Crippen LogP contribution is 2.25. The van der Waals surface area contributed by atoms with Crippen LogP contribution in [-0.2, 0) is 22.9 Å². The minimum atomic E-state index is -3.28. The normalized spacial score (nSPS) is 11.9. The Labute approximate surface area is 142 Å². The summed E-state index contributed by atoms with van der Waals surface area (Å²) in [6, 6.07) is 17.5. The van der Waals surface area contributed by atoms with Crippen molar-refractivity contribution < 1.29 is 12.8 Å². The predicted molar refractivity (Wildman–Crippen MR) is 96.6 cm³/mol. The van der Waals surface area contributed by atoms with Gasteiger partial charge in [-0.15, -0.1) is 0 Å². The van der Waals surface area contributed by atoms with E-state index in [1.165, 1.54) is 0 Å². The van der Waals surface area contributed by atoms with Crippen LogP contribution in [0, 0.1) is 6.92 Å². The number of nitrogens with one attached hydrogen (secondary N) is 1. The van der Waals surface area contributed by atoms with E-state index in [-0.39, 0.29) is 5.75 Å². The fraction of sp³-hybridized carbons (Fsp3) is 0.263. The number of para-hydroxylation sites is 1. The first-order valence-corrected chi connectivity index (χ1v) is 9.69. The smallest absolute Gasteiger partial charge is 0.211 e. The summed E-state index contributed by atoms with van der Waals surface area (Å²) >= 11 is 0. The van der Waals surface area contributed by atoms with Crippen molar-refractivity contribution in [1.82, 2.24) is 4.72 Å². The van der Waals surface area contributed by atoms with Gasteiger partial charge in [0.05, 0.1) is 5.75 Å². The third kappa shape index (κ3) is 4.04. The zero-order valence-electron chi connectivity index (χ0n) is 13.7. The van der Waals surface area contributed by atoms with Gasteiger partial charge in [-0.25, -0.2) is 13.1 Å². The third-order valence-corrected chi connectivity index (χ3v) is 5.49. The molecule has 0 saturated heterocycles. The van der Waals surface area contributed by atoms with E-state index < -0.39 is 10.0 Å². The van der Waals surface area contributed by atoms with Crippen LogP contribution in [0.1, 0.15) is 16.9 Å². The van der Waals surface area contributed by atoms with E-state index in [0.717, 1.165) is 27.9 Å². The summed E-state index contributed by atoms with van der Waals surface area (Å²) < 4.78 is 32.7. The molecule has 0 fully saturated rings. The maximum Gasteiger partial charge on any atom is 0.211 e. The number of aryl methyl sites for hydroxylation is 2. The van der Waals surface area contributed by atoms with Crippen LogP contribution in [0.15, 0.2) is 59.0 Å². The molecule has 0 spiro atoms. The van der Waals surface area contributed by atoms with Crippen molar-refractivity contribution in [1.29, 1.82) is 0 Å². The maximum absolute atomic E-state index is 12.1. The number of fused-ring (bicyclic) bond motifs is 1. The molecule has 2 aromatic carbocycles. The molecule has 0 radical (unpaired) electrons. The van der Waals surface area contributed by atoms with E-state index >= 15 is 0 Å². The van der Waals surface area contributed by atoms with E-state index in [1.807, 2.05) is 61.5 Å². The van der Waals surface area contributed by atoms with Crippen molar-refractivity contribution in [2.75, 3.05) is 12.3 Å². The van der Waals surface area contributed by atoms with Gasteiger partial charge in [0.25, 0.3) is 0 Å². The first kappa shape index (κ1) is 16.7. The van der Waals surface area contributed by atoms with Crippen LogP contribution in [0.4, 0.5) is 0 Å². The molecule has 0 aliphatic heterocycles. The van der Waals surface area contributed by atoms with Crippen LogP contribution in [0.3, 0.4) is 0 Å². The molecule has 24 heavy (non-hydrogen) atoms. The summed E-state index contributed by atoms with van der Waals surface area (Å²) in [6.45, 7) is 2.29. The van der Waals surface area contributed by atoms with Crippen LogP contribution in [-0.4, -0.2) is 20.7 Å². The van der Waals surface area contributed by atoms with Crippen LogP contribution in [0.2, 0.25) is 0 Å². The number of rotatable bonds is 7. The zero-order chi connectivity index (χ0) is 17.0. The molecule has 0 aliphatic rings. The van der Waals surface area contributed by atoms with E-state index in [2.05, 4.69) is 4.72 Å². The average molecular weight is 343 g/mol. The number of hydrogen-bond acceptors (Lipinski definition) is 3. The van der Waals surface area contributed by atoms with Gasteiger partial charge in [-0.2, -0.15) is 0 Å². The molecule has 1 heterocycles. The predicted octanol–water partition coefficient (Wildman–Crippen LogP) is 3.45. The summed E-state index contributed by atoms with van der Waals surface area (Å²) in [5.74, 6) is 0.946. The van der Waals surface area contributed by atoms with Crippen LogP contribution in [0.25, 0.3) is 11.0 Å². The zero-order valence-corrected chi connectivity index (χ0v) is 14.5. The SMILES string of the molecule is Cc1oc2ccccc2c1CCNS(=O)(=O)CCc1ccccc1. The Morgan fingerprint density at radius 2 is 1.67 bits per heavy atom. The van der Waals surface area contributed by atoms with Crippen molar-refractivity contribution in [3.63, 3.8) is 0 Å². The lowest BCUT2D eigenvalue weighted by atomic mass is 10.1. The van der Waals surface area contributed by atoms with Crippen LogP contribution in [0.5, 0.6) is 0 Å². The molecule has 0 amide bonds. The van der Waals surface area contributed by atoms with E-state index in [1.54, 1.807) is 0 Å². The Morgan fingerprint density at radius 1 is 0.958 bits per heavy atom. The average Bonchev–Trinajstić information content (AvgIpc) is 2.90. The van der Waals surface area contributed by atoms with E-state index in [9.17, 15) is 8.42 Å².